The van der Waals surface area contributed by atoms with Gasteiger partial charge in [-0.15, -0.1) is 0 Å². The van der Waals surface area contributed by atoms with Gasteiger partial charge in [0, 0.05) is 48.9 Å². The molecular weight excluding hydrogens is 416 g/mol. The summed E-state index contributed by atoms with van der Waals surface area (Å²) in [5.41, 5.74) is 5.67. The fraction of sp³-hybridized carbons (Fsp3) is 0.200. The lowest BCUT2D eigenvalue weighted by Gasteiger charge is -2.27. The maximum absolute atomic E-state index is 6.25. The Kier molecular flexibility index (Phi) is 4.84. The minimum Gasteiger partial charge on any atom is -0.450 e. The number of nitrogens with zero attached hydrogens (tertiary/aromatic N) is 6. The standard InChI is InChI=1S/C25H22N6O2/c1-17-3-2-4-19(13-17)20-15-27-31(16-20)25-28-21-14-22(18-5-7-26-8-6-18)33-23(21)24(29-25)30-9-11-32-12-10-30/h2-8,13-16H,9-12H2,1H3. The van der Waals surface area contributed by atoms with Gasteiger partial charge in [0.25, 0.3) is 5.95 Å². The van der Waals surface area contributed by atoms with Crippen molar-refractivity contribution < 1.29 is 9.15 Å². The Bertz CT molecular complexity index is 1420. The Labute approximate surface area is 190 Å². The van der Waals surface area contributed by atoms with Gasteiger partial charge in [-0.05, 0) is 24.6 Å². The average Bonchev–Trinajstić information content (AvgIpc) is 3.52. The largest absolute Gasteiger partial charge is 0.450 e. The summed E-state index contributed by atoms with van der Waals surface area (Å²) in [7, 11) is 0. The van der Waals surface area contributed by atoms with Gasteiger partial charge in [0.2, 0.25) is 0 Å². The molecule has 0 unspecified atom stereocenters. The molecule has 0 atom stereocenters. The normalized spacial score (nSPS) is 14.2. The molecule has 1 fully saturated rings. The number of pyridine rings is 1. The quantitative estimate of drug-likeness (QED) is 0.414. The van der Waals surface area contributed by atoms with E-state index in [0.29, 0.717) is 24.7 Å². The molecule has 164 valence electrons. The minimum absolute atomic E-state index is 0.505. The Morgan fingerprint density at radius 1 is 0.909 bits per heavy atom. The third-order valence-corrected chi connectivity index (χ3v) is 5.76. The van der Waals surface area contributed by atoms with Crippen molar-refractivity contribution in [1.29, 1.82) is 0 Å². The number of ether oxygens (including phenoxy) is 1. The molecule has 6 rings (SSSR count). The fourth-order valence-corrected chi connectivity index (χ4v) is 4.06. The van der Waals surface area contributed by atoms with Crippen LogP contribution in [0.3, 0.4) is 0 Å². The van der Waals surface area contributed by atoms with Crippen LogP contribution in [0.5, 0.6) is 0 Å². The highest BCUT2D eigenvalue weighted by Crippen LogP contribution is 2.33. The Morgan fingerprint density at radius 2 is 1.76 bits per heavy atom. The molecule has 33 heavy (non-hydrogen) atoms. The number of benzene rings is 1. The lowest BCUT2D eigenvalue weighted by molar-refractivity contribution is 0.122. The van der Waals surface area contributed by atoms with E-state index < -0.39 is 0 Å². The van der Waals surface area contributed by atoms with Gasteiger partial charge < -0.3 is 14.1 Å². The van der Waals surface area contributed by atoms with E-state index in [-0.39, 0.29) is 0 Å². The van der Waals surface area contributed by atoms with Crippen LogP contribution in [0, 0.1) is 6.92 Å². The van der Waals surface area contributed by atoms with Crippen molar-refractivity contribution in [3.05, 3.63) is 72.8 Å². The summed E-state index contributed by atoms with van der Waals surface area (Å²) in [6, 6.07) is 14.1. The topological polar surface area (TPSA) is 82.1 Å². The number of fused-ring (bicyclic) bond motifs is 1. The van der Waals surface area contributed by atoms with Gasteiger partial charge in [0.15, 0.2) is 11.4 Å². The number of anilines is 1. The summed E-state index contributed by atoms with van der Waals surface area (Å²) < 4.78 is 13.5. The van der Waals surface area contributed by atoms with Crippen LogP contribution in [0.2, 0.25) is 0 Å². The highest BCUT2D eigenvalue weighted by Gasteiger charge is 2.22. The predicted molar refractivity (Wildman–Crippen MR) is 125 cm³/mol. The third kappa shape index (κ3) is 3.74. The van der Waals surface area contributed by atoms with Gasteiger partial charge in [-0.2, -0.15) is 10.1 Å². The number of rotatable bonds is 4. The summed E-state index contributed by atoms with van der Waals surface area (Å²) in [6.07, 6.45) is 7.30. The first-order valence-corrected chi connectivity index (χ1v) is 10.9. The molecular formula is C25H22N6O2. The van der Waals surface area contributed by atoms with Crippen molar-refractivity contribution in [3.8, 4) is 28.4 Å². The molecule has 4 aromatic heterocycles. The Balaban J connectivity index is 1.47. The number of aryl methyl sites for hydroxylation is 1. The van der Waals surface area contributed by atoms with Crippen molar-refractivity contribution in [1.82, 2.24) is 24.7 Å². The van der Waals surface area contributed by atoms with E-state index in [2.05, 4.69) is 40.1 Å². The van der Waals surface area contributed by atoms with E-state index >= 15 is 0 Å². The third-order valence-electron chi connectivity index (χ3n) is 5.76. The summed E-state index contributed by atoms with van der Waals surface area (Å²) >= 11 is 0. The molecule has 5 aromatic rings. The molecule has 1 aromatic carbocycles. The van der Waals surface area contributed by atoms with Gasteiger partial charge in [0.1, 0.15) is 11.3 Å². The van der Waals surface area contributed by atoms with Crippen molar-refractivity contribution in [2.24, 2.45) is 0 Å². The predicted octanol–water partition coefficient (Wildman–Crippen LogP) is 4.28. The number of furan rings is 1. The Hall–Kier alpha value is -4.04. The fourth-order valence-electron chi connectivity index (χ4n) is 4.06. The first kappa shape index (κ1) is 19.6. The molecule has 0 spiro atoms. The number of hydrogen-bond acceptors (Lipinski definition) is 7. The second-order valence-corrected chi connectivity index (χ2v) is 8.05. The van der Waals surface area contributed by atoms with Crippen LogP contribution in [0.1, 0.15) is 5.56 Å². The number of morpholine rings is 1. The molecule has 8 nitrogen and oxygen atoms in total. The van der Waals surface area contributed by atoms with E-state index in [1.807, 2.05) is 36.7 Å². The van der Waals surface area contributed by atoms with Crippen molar-refractivity contribution in [3.63, 3.8) is 0 Å². The van der Waals surface area contributed by atoms with E-state index in [4.69, 9.17) is 19.1 Å². The molecule has 8 heteroatoms. The van der Waals surface area contributed by atoms with Crippen LogP contribution in [0.15, 0.2) is 71.7 Å². The molecule has 1 saturated heterocycles. The van der Waals surface area contributed by atoms with Gasteiger partial charge in [-0.1, -0.05) is 29.8 Å². The second-order valence-electron chi connectivity index (χ2n) is 8.05. The van der Waals surface area contributed by atoms with E-state index in [1.165, 1.54) is 5.56 Å². The van der Waals surface area contributed by atoms with Crippen LogP contribution >= 0.6 is 0 Å². The first-order chi connectivity index (χ1) is 16.2. The maximum Gasteiger partial charge on any atom is 0.253 e. The van der Waals surface area contributed by atoms with Crippen LogP contribution in [0.4, 0.5) is 5.82 Å². The molecule has 0 bridgehead atoms. The zero-order chi connectivity index (χ0) is 22.2. The van der Waals surface area contributed by atoms with E-state index in [0.717, 1.165) is 46.9 Å². The molecule has 0 radical (unpaired) electrons. The maximum atomic E-state index is 6.25. The van der Waals surface area contributed by atoms with E-state index in [1.54, 1.807) is 17.1 Å². The zero-order valence-electron chi connectivity index (χ0n) is 18.2. The molecule has 0 saturated carbocycles. The molecule has 0 N–H and O–H groups in total. The number of aromatic nitrogens is 5. The van der Waals surface area contributed by atoms with E-state index in [9.17, 15) is 0 Å². The summed E-state index contributed by atoms with van der Waals surface area (Å²) in [6.45, 7) is 4.86. The monoisotopic (exact) mass is 438 g/mol. The smallest absolute Gasteiger partial charge is 0.253 e. The zero-order valence-corrected chi connectivity index (χ0v) is 18.2. The van der Waals surface area contributed by atoms with Gasteiger partial charge in [-0.3, -0.25) is 4.98 Å². The van der Waals surface area contributed by atoms with Crippen LogP contribution in [0.25, 0.3) is 39.5 Å². The van der Waals surface area contributed by atoms with Gasteiger partial charge in [0.05, 0.1) is 19.4 Å². The molecule has 1 aliphatic heterocycles. The molecule has 5 heterocycles. The lowest BCUT2D eigenvalue weighted by Crippen LogP contribution is -2.37. The number of hydrogen-bond donors (Lipinski definition) is 0. The van der Waals surface area contributed by atoms with Crippen molar-refractivity contribution >= 4 is 16.9 Å². The minimum atomic E-state index is 0.505. The SMILES string of the molecule is Cc1cccc(-c2cnn(-c3nc(N4CCOCC4)c4oc(-c5ccncc5)cc4n3)c2)c1. The van der Waals surface area contributed by atoms with Crippen molar-refractivity contribution in [2.75, 3.05) is 31.2 Å². The van der Waals surface area contributed by atoms with Crippen LogP contribution in [-0.2, 0) is 4.74 Å². The Morgan fingerprint density at radius 3 is 2.58 bits per heavy atom. The average molecular weight is 438 g/mol. The molecule has 0 amide bonds. The van der Waals surface area contributed by atoms with Crippen LogP contribution in [-0.4, -0.2) is 51.0 Å². The van der Waals surface area contributed by atoms with Gasteiger partial charge >= 0.3 is 0 Å². The highest BCUT2D eigenvalue weighted by atomic mass is 16.5. The summed E-state index contributed by atoms with van der Waals surface area (Å²) in [5.74, 6) is 1.99. The highest BCUT2D eigenvalue weighted by molar-refractivity contribution is 5.88. The summed E-state index contributed by atoms with van der Waals surface area (Å²) in [5, 5.41) is 4.56. The van der Waals surface area contributed by atoms with Crippen molar-refractivity contribution in [2.45, 2.75) is 6.92 Å². The molecule has 0 aliphatic carbocycles. The van der Waals surface area contributed by atoms with Gasteiger partial charge in [-0.25, -0.2) is 9.67 Å². The second kappa shape index (κ2) is 8.14. The van der Waals surface area contributed by atoms with Crippen LogP contribution < -0.4 is 4.90 Å². The molecule has 1 aliphatic rings. The lowest BCUT2D eigenvalue weighted by atomic mass is 10.1. The first-order valence-electron chi connectivity index (χ1n) is 10.9. The summed E-state index contributed by atoms with van der Waals surface area (Å²) in [4.78, 5) is 16.0.